The van der Waals surface area contributed by atoms with Crippen LogP contribution < -0.4 is 9.47 Å². The maximum atomic E-state index is 10.9. The third-order valence-electron chi connectivity index (χ3n) is 3.23. The molecule has 5 nitrogen and oxygen atoms in total. The van der Waals surface area contributed by atoms with Crippen molar-refractivity contribution < 1.29 is 19.4 Å². The number of rotatable bonds is 5. The summed E-state index contributed by atoms with van der Waals surface area (Å²) in [6.07, 6.45) is 5.30. The molecular weight excluding hydrogens is 258 g/mol. The monoisotopic (exact) mass is 275 g/mol. The topological polar surface area (TPSA) is 59.0 Å². The zero-order valence-corrected chi connectivity index (χ0v) is 11.3. The Hall–Kier alpha value is -2.19. The molecule has 1 aliphatic heterocycles. The van der Waals surface area contributed by atoms with Crippen molar-refractivity contribution >= 4 is 5.97 Å². The molecule has 2 rings (SSSR count). The molecule has 1 N–H and O–H groups in total. The first-order valence-corrected chi connectivity index (χ1v) is 6.40. The van der Waals surface area contributed by atoms with Gasteiger partial charge in [-0.1, -0.05) is 12.0 Å². The number of carbonyl (C=O) groups is 1. The van der Waals surface area contributed by atoms with Crippen LogP contribution in [0, 0.1) is 12.3 Å². The van der Waals surface area contributed by atoms with Crippen molar-refractivity contribution in [2.45, 2.75) is 13.0 Å². The molecule has 20 heavy (non-hydrogen) atoms. The highest BCUT2D eigenvalue weighted by atomic mass is 16.6. The van der Waals surface area contributed by atoms with Gasteiger partial charge in [0, 0.05) is 6.04 Å². The molecule has 0 fully saturated rings. The first-order chi connectivity index (χ1) is 9.61. The van der Waals surface area contributed by atoms with Gasteiger partial charge in [0.05, 0.1) is 13.1 Å². The predicted molar refractivity (Wildman–Crippen MR) is 73.9 cm³/mol. The normalized spacial score (nSPS) is 14.7. The summed E-state index contributed by atoms with van der Waals surface area (Å²) in [6.45, 7) is 3.17. The van der Waals surface area contributed by atoms with Gasteiger partial charge >= 0.3 is 5.97 Å². The quantitative estimate of drug-likeness (QED) is 0.826. The van der Waals surface area contributed by atoms with Gasteiger partial charge in [-0.15, -0.1) is 6.42 Å². The largest absolute Gasteiger partial charge is 0.486 e. The average molecular weight is 275 g/mol. The first-order valence-electron chi connectivity index (χ1n) is 6.40. The smallest absolute Gasteiger partial charge is 0.317 e. The van der Waals surface area contributed by atoms with E-state index in [2.05, 4.69) is 5.92 Å². The molecule has 0 spiro atoms. The van der Waals surface area contributed by atoms with E-state index in [1.165, 1.54) is 0 Å². The highest BCUT2D eigenvalue weighted by Crippen LogP contribution is 2.33. The van der Waals surface area contributed by atoms with E-state index in [9.17, 15) is 4.79 Å². The Morgan fingerprint density at radius 2 is 2.15 bits per heavy atom. The number of hydrogen-bond acceptors (Lipinski definition) is 4. The molecule has 0 amide bonds. The summed E-state index contributed by atoms with van der Waals surface area (Å²) < 4.78 is 11.0. The summed E-state index contributed by atoms with van der Waals surface area (Å²) in [6, 6.07) is 5.52. The zero-order valence-electron chi connectivity index (χ0n) is 11.3. The summed E-state index contributed by atoms with van der Waals surface area (Å²) in [7, 11) is 0. The summed E-state index contributed by atoms with van der Waals surface area (Å²) in [5.74, 6) is 3.00. The van der Waals surface area contributed by atoms with Gasteiger partial charge in [-0.2, -0.15) is 0 Å². The standard InChI is InChI=1S/C15H17NO4/c1-3-6-16(10-15(17)18)11(2)12-4-5-13-14(9-12)20-8-7-19-13/h1,4-5,9,11H,6-8,10H2,2H3,(H,17,18). The fraction of sp³-hybridized carbons (Fsp3) is 0.400. The van der Waals surface area contributed by atoms with Crippen LogP contribution in [0.3, 0.4) is 0 Å². The molecule has 0 bridgehead atoms. The van der Waals surface area contributed by atoms with Gasteiger partial charge < -0.3 is 14.6 Å². The van der Waals surface area contributed by atoms with Crippen molar-refractivity contribution in [3.05, 3.63) is 23.8 Å². The summed E-state index contributed by atoms with van der Waals surface area (Å²) >= 11 is 0. The molecule has 1 aromatic rings. The second-order valence-electron chi connectivity index (χ2n) is 4.58. The van der Waals surface area contributed by atoms with Gasteiger partial charge in [0.15, 0.2) is 11.5 Å². The lowest BCUT2D eigenvalue weighted by atomic mass is 10.1. The number of carboxylic acid groups (broad SMARTS) is 1. The number of fused-ring (bicyclic) bond motifs is 1. The van der Waals surface area contributed by atoms with Crippen molar-refractivity contribution in [1.29, 1.82) is 0 Å². The number of hydrogen-bond donors (Lipinski definition) is 1. The SMILES string of the molecule is C#CCN(CC(=O)O)C(C)c1ccc2c(c1)OCCO2. The number of ether oxygens (including phenoxy) is 2. The van der Waals surface area contributed by atoms with E-state index in [1.807, 2.05) is 25.1 Å². The number of nitrogens with zero attached hydrogens (tertiary/aromatic N) is 1. The summed E-state index contributed by atoms with van der Waals surface area (Å²) in [5.41, 5.74) is 0.950. The third-order valence-corrected chi connectivity index (χ3v) is 3.23. The Kier molecular flexibility index (Phi) is 4.49. The average Bonchev–Trinajstić information content (AvgIpc) is 2.45. The molecule has 1 unspecified atom stereocenters. The van der Waals surface area contributed by atoms with Crippen LogP contribution in [0.25, 0.3) is 0 Å². The molecule has 0 aromatic heterocycles. The van der Waals surface area contributed by atoms with Gasteiger partial charge in [0.1, 0.15) is 13.2 Å². The van der Waals surface area contributed by atoms with Gasteiger partial charge in [-0.25, -0.2) is 0 Å². The van der Waals surface area contributed by atoms with E-state index in [0.29, 0.717) is 24.7 Å². The fourth-order valence-corrected chi connectivity index (χ4v) is 2.15. The van der Waals surface area contributed by atoms with Crippen molar-refractivity contribution in [2.24, 2.45) is 0 Å². The maximum Gasteiger partial charge on any atom is 0.317 e. The predicted octanol–water partition coefficient (Wildman–Crippen LogP) is 1.54. The van der Waals surface area contributed by atoms with E-state index in [-0.39, 0.29) is 19.1 Å². The van der Waals surface area contributed by atoms with Crippen LogP contribution in [0.2, 0.25) is 0 Å². The van der Waals surface area contributed by atoms with Crippen LogP contribution in [0.15, 0.2) is 18.2 Å². The minimum Gasteiger partial charge on any atom is -0.486 e. The van der Waals surface area contributed by atoms with Crippen LogP contribution in [0.1, 0.15) is 18.5 Å². The Morgan fingerprint density at radius 1 is 1.45 bits per heavy atom. The summed E-state index contributed by atoms with van der Waals surface area (Å²) in [4.78, 5) is 12.6. The van der Waals surface area contributed by atoms with Crippen molar-refractivity contribution in [1.82, 2.24) is 4.90 Å². The van der Waals surface area contributed by atoms with Gasteiger partial charge in [-0.3, -0.25) is 9.69 Å². The van der Waals surface area contributed by atoms with Crippen LogP contribution in [-0.4, -0.2) is 42.3 Å². The van der Waals surface area contributed by atoms with E-state index in [4.69, 9.17) is 21.0 Å². The van der Waals surface area contributed by atoms with Gasteiger partial charge in [0.2, 0.25) is 0 Å². The zero-order chi connectivity index (χ0) is 14.5. The second-order valence-corrected chi connectivity index (χ2v) is 4.58. The Labute approximate surface area is 118 Å². The lowest BCUT2D eigenvalue weighted by molar-refractivity contribution is -0.138. The molecule has 0 aliphatic carbocycles. The van der Waals surface area contributed by atoms with Crippen molar-refractivity contribution in [3.63, 3.8) is 0 Å². The van der Waals surface area contributed by atoms with Crippen LogP contribution >= 0.6 is 0 Å². The molecule has 5 heteroatoms. The molecule has 1 aromatic carbocycles. The lowest BCUT2D eigenvalue weighted by Crippen LogP contribution is -2.32. The van der Waals surface area contributed by atoms with Crippen molar-refractivity contribution in [3.8, 4) is 23.8 Å². The minimum absolute atomic E-state index is 0.0974. The van der Waals surface area contributed by atoms with E-state index >= 15 is 0 Å². The second kappa shape index (κ2) is 6.31. The number of carboxylic acids is 1. The van der Waals surface area contributed by atoms with Gasteiger partial charge in [-0.05, 0) is 24.6 Å². The first kappa shape index (κ1) is 14.2. The lowest BCUT2D eigenvalue weighted by Gasteiger charge is -2.27. The fourth-order valence-electron chi connectivity index (χ4n) is 2.15. The van der Waals surface area contributed by atoms with Crippen LogP contribution in [0.5, 0.6) is 11.5 Å². The highest BCUT2D eigenvalue weighted by molar-refractivity contribution is 5.69. The number of benzene rings is 1. The highest BCUT2D eigenvalue weighted by Gasteiger charge is 2.20. The van der Waals surface area contributed by atoms with Gasteiger partial charge in [0.25, 0.3) is 0 Å². The molecular formula is C15H17NO4. The number of aliphatic carboxylic acids is 1. The van der Waals surface area contributed by atoms with E-state index in [0.717, 1.165) is 5.56 Å². The number of terminal acetylenes is 1. The molecule has 106 valence electrons. The van der Waals surface area contributed by atoms with Crippen LogP contribution in [-0.2, 0) is 4.79 Å². The molecule has 0 saturated heterocycles. The Morgan fingerprint density at radius 3 is 2.80 bits per heavy atom. The van der Waals surface area contributed by atoms with E-state index < -0.39 is 5.97 Å². The van der Waals surface area contributed by atoms with E-state index in [1.54, 1.807) is 4.90 Å². The van der Waals surface area contributed by atoms with Crippen molar-refractivity contribution in [2.75, 3.05) is 26.3 Å². The van der Waals surface area contributed by atoms with Crippen LogP contribution in [0.4, 0.5) is 0 Å². The molecule has 0 radical (unpaired) electrons. The molecule has 0 saturated carbocycles. The third kappa shape index (κ3) is 3.22. The molecule has 1 heterocycles. The Balaban J connectivity index is 2.20. The molecule has 1 aliphatic rings. The maximum absolute atomic E-state index is 10.9. The minimum atomic E-state index is -0.898. The molecule has 1 atom stereocenters. The summed E-state index contributed by atoms with van der Waals surface area (Å²) in [5, 5.41) is 8.94. The Bertz CT molecular complexity index is 535.